The van der Waals surface area contributed by atoms with Crippen molar-refractivity contribution in [2.45, 2.75) is 39.7 Å². The molecule has 0 unspecified atom stereocenters. The van der Waals surface area contributed by atoms with Crippen molar-refractivity contribution in [1.82, 2.24) is 15.5 Å². The smallest absolute Gasteiger partial charge is 0.315 e. The highest BCUT2D eigenvalue weighted by atomic mass is 16.2. The second-order valence-corrected chi connectivity index (χ2v) is 6.41. The van der Waals surface area contributed by atoms with Gasteiger partial charge >= 0.3 is 6.03 Å². The molecule has 1 saturated heterocycles. The summed E-state index contributed by atoms with van der Waals surface area (Å²) in [4.78, 5) is 14.3. The van der Waals surface area contributed by atoms with Crippen LogP contribution in [0.1, 0.15) is 37.3 Å². The molecule has 1 fully saturated rings. The lowest BCUT2D eigenvalue weighted by Crippen LogP contribution is -2.38. The number of nitrogens with zero attached hydrogens (tertiary/aromatic N) is 1. The number of rotatable bonds is 6. The van der Waals surface area contributed by atoms with Crippen LogP contribution in [0.25, 0.3) is 0 Å². The molecule has 2 rings (SSSR count). The zero-order chi connectivity index (χ0) is 15.8. The Balaban J connectivity index is 1.55. The normalized spacial score (nSPS) is 16.5. The van der Waals surface area contributed by atoms with Gasteiger partial charge in [-0.05, 0) is 62.9 Å². The number of benzene rings is 1. The summed E-state index contributed by atoms with van der Waals surface area (Å²) in [5, 5.41) is 5.86. The van der Waals surface area contributed by atoms with Crippen LogP contribution in [0.3, 0.4) is 0 Å². The average Bonchev–Trinajstić information content (AvgIpc) is 2.52. The molecule has 122 valence electrons. The van der Waals surface area contributed by atoms with E-state index < -0.39 is 0 Å². The number of likely N-dealkylation sites (tertiary alicyclic amines) is 1. The number of nitrogens with one attached hydrogen (secondary N) is 2. The van der Waals surface area contributed by atoms with Gasteiger partial charge in [0.15, 0.2) is 0 Å². The summed E-state index contributed by atoms with van der Waals surface area (Å²) >= 11 is 0. The lowest BCUT2D eigenvalue weighted by Gasteiger charge is -2.30. The first-order valence-electron chi connectivity index (χ1n) is 8.43. The van der Waals surface area contributed by atoms with Crippen LogP contribution < -0.4 is 10.6 Å². The Morgan fingerprint density at radius 3 is 2.68 bits per heavy atom. The van der Waals surface area contributed by atoms with Gasteiger partial charge < -0.3 is 15.5 Å². The minimum atomic E-state index is -0.0736. The standard InChI is InChI=1S/C18H29N3O/c1-15-8-12-21(13-9-15)11-5-10-19-18(22)20-14-17-7-4-3-6-16(17)2/h3-4,6-7,15H,5,8-14H2,1-2H3,(H2,19,20,22). The number of carbonyl (C=O) groups excluding carboxylic acids is 1. The van der Waals surface area contributed by atoms with Gasteiger partial charge in [0.1, 0.15) is 0 Å². The largest absolute Gasteiger partial charge is 0.338 e. The number of hydrogen-bond donors (Lipinski definition) is 2. The Hall–Kier alpha value is -1.55. The summed E-state index contributed by atoms with van der Waals surface area (Å²) in [6.07, 6.45) is 3.64. The monoisotopic (exact) mass is 303 g/mol. The van der Waals surface area contributed by atoms with E-state index in [1.165, 1.54) is 37.1 Å². The van der Waals surface area contributed by atoms with Crippen LogP contribution in [0.15, 0.2) is 24.3 Å². The lowest BCUT2D eigenvalue weighted by atomic mass is 9.99. The van der Waals surface area contributed by atoms with Crippen LogP contribution in [0.5, 0.6) is 0 Å². The fraction of sp³-hybridized carbons (Fsp3) is 0.611. The number of carbonyl (C=O) groups is 1. The Labute approximate surface area is 134 Å². The van der Waals surface area contributed by atoms with Crippen LogP contribution in [0.2, 0.25) is 0 Å². The van der Waals surface area contributed by atoms with E-state index in [9.17, 15) is 4.79 Å². The van der Waals surface area contributed by atoms with Gasteiger partial charge in [-0.1, -0.05) is 31.2 Å². The first-order valence-corrected chi connectivity index (χ1v) is 8.43. The van der Waals surface area contributed by atoms with Gasteiger partial charge in [-0.25, -0.2) is 4.79 Å². The van der Waals surface area contributed by atoms with Crippen molar-refractivity contribution in [1.29, 1.82) is 0 Å². The molecule has 1 aliphatic rings. The molecule has 1 heterocycles. The lowest BCUT2D eigenvalue weighted by molar-refractivity contribution is 0.190. The van der Waals surface area contributed by atoms with Crippen molar-refractivity contribution < 1.29 is 4.79 Å². The van der Waals surface area contributed by atoms with E-state index in [0.717, 1.165) is 25.4 Å². The molecular weight excluding hydrogens is 274 g/mol. The molecule has 4 heteroatoms. The van der Waals surface area contributed by atoms with E-state index >= 15 is 0 Å². The number of aryl methyl sites for hydroxylation is 1. The van der Waals surface area contributed by atoms with Gasteiger partial charge in [-0.3, -0.25) is 0 Å². The summed E-state index contributed by atoms with van der Waals surface area (Å²) in [7, 11) is 0. The van der Waals surface area contributed by atoms with E-state index in [1.807, 2.05) is 18.2 Å². The van der Waals surface area contributed by atoms with E-state index in [-0.39, 0.29) is 6.03 Å². The molecule has 0 aromatic heterocycles. The Bertz CT molecular complexity index is 467. The molecule has 2 N–H and O–H groups in total. The van der Waals surface area contributed by atoms with E-state index in [0.29, 0.717) is 6.54 Å². The molecule has 0 saturated carbocycles. The molecule has 0 aliphatic carbocycles. The number of piperidine rings is 1. The fourth-order valence-electron chi connectivity index (χ4n) is 2.84. The van der Waals surface area contributed by atoms with Gasteiger partial charge in [0.05, 0.1) is 0 Å². The molecule has 0 atom stereocenters. The quantitative estimate of drug-likeness (QED) is 0.794. The molecule has 0 spiro atoms. The molecule has 22 heavy (non-hydrogen) atoms. The molecule has 1 aromatic rings. The second kappa shape index (κ2) is 8.79. The zero-order valence-electron chi connectivity index (χ0n) is 13.9. The molecular formula is C18H29N3O. The molecule has 1 aromatic carbocycles. The Morgan fingerprint density at radius 2 is 1.95 bits per heavy atom. The number of urea groups is 1. The van der Waals surface area contributed by atoms with E-state index in [2.05, 4.69) is 35.4 Å². The second-order valence-electron chi connectivity index (χ2n) is 6.41. The van der Waals surface area contributed by atoms with E-state index in [1.54, 1.807) is 0 Å². The minimum Gasteiger partial charge on any atom is -0.338 e. The summed E-state index contributed by atoms with van der Waals surface area (Å²) in [6, 6.07) is 8.05. The van der Waals surface area contributed by atoms with E-state index in [4.69, 9.17) is 0 Å². The zero-order valence-corrected chi connectivity index (χ0v) is 13.9. The van der Waals surface area contributed by atoms with Crippen molar-refractivity contribution in [3.63, 3.8) is 0 Å². The predicted octanol–water partition coefficient (Wildman–Crippen LogP) is 2.92. The molecule has 4 nitrogen and oxygen atoms in total. The van der Waals surface area contributed by atoms with Crippen molar-refractivity contribution >= 4 is 6.03 Å². The van der Waals surface area contributed by atoms with Gasteiger partial charge in [0.2, 0.25) is 0 Å². The number of hydrogen-bond acceptors (Lipinski definition) is 2. The summed E-state index contributed by atoms with van der Waals surface area (Å²) in [5.41, 5.74) is 2.38. The third-order valence-electron chi connectivity index (χ3n) is 4.51. The van der Waals surface area contributed by atoms with Crippen molar-refractivity contribution in [3.8, 4) is 0 Å². The van der Waals surface area contributed by atoms with Crippen LogP contribution in [0.4, 0.5) is 4.79 Å². The van der Waals surface area contributed by atoms with Crippen LogP contribution in [0, 0.1) is 12.8 Å². The molecule has 0 bridgehead atoms. The SMILES string of the molecule is Cc1ccccc1CNC(=O)NCCCN1CCC(C)CC1. The number of amides is 2. The van der Waals surface area contributed by atoms with Gasteiger partial charge in [-0.2, -0.15) is 0 Å². The third-order valence-corrected chi connectivity index (χ3v) is 4.51. The highest BCUT2D eigenvalue weighted by molar-refractivity contribution is 5.73. The predicted molar refractivity (Wildman–Crippen MR) is 90.9 cm³/mol. The molecule has 1 aliphatic heterocycles. The Morgan fingerprint density at radius 1 is 1.23 bits per heavy atom. The molecule has 0 radical (unpaired) electrons. The van der Waals surface area contributed by atoms with Crippen molar-refractivity contribution in [3.05, 3.63) is 35.4 Å². The van der Waals surface area contributed by atoms with Gasteiger partial charge in [-0.15, -0.1) is 0 Å². The van der Waals surface area contributed by atoms with Crippen LogP contribution in [-0.2, 0) is 6.54 Å². The fourth-order valence-corrected chi connectivity index (χ4v) is 2.84. The first-order chi connectivity index (χ1) is 10.6. The topological polar surface area (TPSA) is 44.4 Å². The maximum atomic E-state index is 11.8. The van der Waals surface area contributed by atoms with Crippen molar-refractivity contribution in [2.75, 3.05) is 26.2 Å². The molecule has 2 amide bonds. The first kappa shape index (κ1) is 16.8. The average molecular weight is 303 g/mol. The highest BCUT2D eigenvalue weighted by Crippen LogP contribution is 2.15. The summed E-state index contributed by atoms with van der Waals surface area (Å²) < 4.78 is 0. The maximum Gasteiger partial charge on any atom is 0.315 e. The van der Waals surface area contributed by atoms with Crippen LogP contribution >= 0.6 is 0 Å². The summed E-state index contributed by atoms with van der Waals surface area (Å²) in [6.45, 7) is 9.23. The van der Waals surface area contributed by atoms with Crippen molar-refractivity contribution in [2.24, 2.45) is 5.92 Å². The Kier molecular flexibility index (Phi) is 6.72. The minimum absolute atomic E-state index is 0.0736. The van der Waals surface area contributed by atoms with Gasteiger partial charge in [0, 0.05) is 13.1 Å². The summed E-state index contributed by atoms with van der Waals surface area (Å²) in [5.74, 6) is 0.876. The van der Waals surface area contributed by atoms with Crippen LogP contribution in [-0.4, -0.2) is 37.1 Å². The van der Waals surface area contributed by atoms with Gasteiger partial charge in [0.25, 0.3) is 0 Å². The highest BCUT2D eigenvalue weighted by Gasteiger charge is 2.14. The third kappa shape index (κ3) is 5.68. The maximum absolute atomic E-state index is 11.8.